The van der Waals surface area contributed by atoms with E-state index in [1.165, 1.54) is 0 Å². The SMILES string of the molecule is COc1ccc(-c2noc(-c3ccccc3NC(=O)c3cc4ccccc4o3)n2)cc1. The Kier molecular flexibility index (Phi) is 4.68. The van der Waals surface area contributed by atoms with Crippen molar-refractivity contribution in [1.82, 2.24) is 10.1 Å². The van der Waals surface area contributed by atoms with Gasteiger partial charge in [-0.1, -0.05) is 35.5 Å². The fourth-order valence-electron chi connectivity index (χ4n) is 3.25. The van der Waals surface area contributed by atoms with Crippen LogP contribution in [0.15, 0.2) is 87.8 Å². The Hall–Kier alpha value is -4.39. The molecule has 0 spiro atoms. The van der Waals surface area contributed by atoms with Crippen LogP contribution < -0.4 is 10.1 Å². The molecule has 152 valence electrons. The van der Waals surface area contributed by atoms with E-state index in [0.29, 0.717) is 28.5 Å². The Morgan fingerprint density at radius 3 is 2.55 bits per heavy atom. The molecule has 0 saturated heterocycles. The molecular weight excluding hydrogens is 394 g/mol. The Morgan fingerprint density at radius 1 is 0.968 bits per heavy atom. The Bertz CT molecular complexity index is 1340. The molecule has 0 aliphatic carbocycles. The van der Waals surface area contributed by atoms with Crippen molar-refractivity contribution >= 4 is 22.6 Å². The minimum atomic E-state index is -0.362. The second-order valence-electron chi connectivity index (χ2n) is 6.80. The molecule has 0 aliphatic rings. The summed E-state index contributed by atoms with van der Waals surface area (Å²) in [6.45, 7) is 0. The number of ether oxygens (including phenoxy) is 1. The molecule has 31 heavy (non-hydrogen) atoms. The molecule has 3 aromatic carbocycles. The molecule has 0 bridgehead atoms. The van der Waals surface area contributed by atoms with E-state index in [9.17, 15) is 4.79 Å². The first kappa shape index (κ1) is 18.6. The maximum absolute atomic E-state index is 12.8. The lowest BCUT2D eigenvalue weighted by Crippen LogP contribution is -2.11. The largest absolute Gasteiger partial charge is 0.497 e. The van der Waals surface area contributed by atoms with Crippen LogP contribution in [0.25, 0.3) is 33.8 Å². The first-order chi connectivity index (χ1) is 15.2. The molecule has 1 amide bonds. The fourth-order valence-corrected chi connectivity index (χ4v) is 3.25. The minimum absolute atomic E-state index is 0.223. The molecule has 0 saturated carbocycles. The van der Waals surface area contributed by atoms with E-state index in [4.69, 9.17) is 13.7 Å². The van der Waals surface area contributed by atoms with Crippen LogP contribution in [0.3, 0.4) is 0 Å². The number of fused-ring (bicyclic) bond motifs is 1. The molecule has 2 heterocycles. The van der Waals surface area contributed by atoms with Crippen LogP contribution in [-0.4, -0.2) is 23.2 Å². The average Bonchev–Trinajstić information content (AvgIpc) is 3.47. The van der Waals surface area contributed by atoms with Crippen LogP contribution in [0.4, 0.5) is 5.69 Å². The van der Waals surface area contributed by atoms with E-state index < -0.39 is 0 Å². The molecule has 0 unspecified atom stereocenters. The number of rotatable bonds is 5. The summed E-state index contributed by atoms with van der Waals surface area (Å²) in [6, 6.07) is 23.8. The fraction of sp³-hybridized carbons (Fsp3) is 0.0417. The highest BCUT2D eigenvalue weighted by molar-refractivity contribution is 6.06. The molecule has 0 atom stereocenters. The van der Waals surface area contributed by atoms with Gasteiger partial charge >= 0.3 is 0 Å². The summed E-state index contributed by atoms with van der Waals surface area (Å²) >= 11 is 0. The van der Waals surface area contributed by atoms with Gasteiger partial charge in [-0.15, -0.1) is 0 Å². The van der Waals surface area contributed by atoms with Crippen molar-refractivity contribution < 1.29 is 18.5 Å². The van der Waals surface area contributed by atoms with Crippen molar-refractivity contribution in [3.05, 3.63) is 84.6 Å². The highest BCUT2D eigenvalue weighted by atomic mass is 16.5. The van der Waals surface area contributed by atoms with Crippen molar-refractivity contribution in [3.8, 4) is 28.6 Å². The zero-order valence-corrected chi connectivity index (χ0v) is 16.5. The molecule has 2 aromatic heterocycles. The number of carbonyl (C=O) groups is 1. The zero-order chi connectivity index (χ0) is 21.2. The van der Waals surface area contributed by atoms with Crippen molar-refractivity contribution in [3.63, 3.8) is 0 Å². The Labute approximate surface area is 177 Å². The summed E-state index contributed by atoms with van der Waals surface area (Å²) in [6.07, 6.45) is 0. The van der Waals surface area contributed by atoms with E-state index in [1.807, 2.05) is 60.7 Å². The van der Waals surface area contributed by atoms with Gasteiger partial charge in [-0.05, 0) is 48.5 Å². The van der Waals surface area contributed by atoms with Gasteiger partial charge in [0.05, 0.1) is 18.4 Å². The van der Waals surface area contributed by atoms with Gasteiger partial charge in [0, 0.05) is 10.9 Å². The maximum Gasteiger partial charge on any atom is 0.291 e. The van der Waals surface area contributed by atoms with Gasteiger partial charge in [0.15, 0.2) is 5.76 Å². The molecular formula is C24H17N3O4. The standard InChI is InChI=1S/C24H17N3O4/c1-29-17-12-10-15(11-13-17)22-26-24(31-27-22)18-7-3-4-8-19(18)25-23(28)21-14-16-6-2-5-9-20(16)30-21/h2-14H,1H3,(H,25,28). The van der Waals surface area contributed by atoms with Crippen LogP contribution >= 0.6 is 0 Å². The summed E-state index contributed by atoms with van der Waals surface area (Å²) in [5.41, 5.74) is 2.60. The number of furan rings is 1. The summed E-state index contributed by atoms with van der Waals surface area (Å²) in [4.78, 5) is 17.3. The third-order valence-corrected chi connectivity index (χ3v) is 4.83. The van der Waals surface area contributed by atoms with E-state index in [1.54, 1.807) is 25.3 Å². The number of benzene rings is 3. The highest BCUT2D eigenvalue weighted by Gasteiger charge is 2.18. The van der Waals surface area contributed by atoms with Crippen LogP contribution in [0.2, 0.25) is 0 Å². The third-order valence-electron chi connectivity index (χ3n) is 4.83. The van der Waals surface area contributed by atoms with E-state index in [2.05, 4.69) is 15.5 Å². The van der Waals surface area contributed by atoms with Gasteiger partial charge in [-0.3, -0.25) is 4.79 Å². The first-order valence-corrected chi connectivity index (χ1v) is 9.59. The Morgan fingerprint density at radius 2 is 1.74 bits per heavy atom. The number of carbonyl (C=O) groups excluding carboxylic acids is 1. The van der Waals surface area contributed by atoms with Crippen LogP contribution in [0.1, 0.15) is 10.6 Å². The van der Waals surface area contributed by atoms with E-state index >= 15 is 0 Å². The predicted octanol–water partition coefficient (Wildman–Crippen LogP) is 5.41. The van der Waals surface area contributed by atoms with Crippen LogP contribution in [-0.2, 0) is 0 Å². The van der Waals surface area contributed by atoms with Gasteiger partial charge < -0.3 is 19.0 Å². The molecule has 7 nitrogen and oxygen atoms in total. The number of para-hydroxylation sites is 2. The highest BCUT2D eigenvalue weighted by Crippen LogP contribution is 2.30. The molecule has 5 aromatic rings. The van der Waals surface area contributed by atoms with Gasteiger partial charge in [-0.2, -0.15) is 4.98 Å². The number of anilines is 1. The zero-order valence-electron chi connectivity index (χ0n) is 16.5. The van der Waals surface area contributed by atoms with E-state index in [0.717, 1.165) is 16.7 Å². The number of hydrogen-bond acceptors (Lipinski definition) is 6. The smallest absolute Gasteiger partial charge is 0.291 e. The summed E-state index contributed by atoms with van der Waals surface area (Å²) in [5, 5.41) is 7.80. The topological polar surface area (TPSA) is 90.4 Å². The summed E-state index contributed by atoms with van der Waals surface area (Å²) in [5.74, 6) is 1.34. The predicted molar refractivity (Wildman–Crippen MR) is 116 cm³/mol. The van der Waals surface area contributed by atoms with Crippen LogP contribution in [0, 0.1) is 0 Å². The van der Waals surface area contributed by atoms with Gasteiger partial charge in [0.25, 0.3) is 11.8 Å². The lowest BCUT2D eigenvalue weighted by molar-refractivity contribution is 0.0998. The van der Waals surface area contributed by atoms with Crippen LogP contribution in [0.5, 0.6) is 5.75 Å². The quantitative estimate of drug-likeness (QED) is 0.416. The third kappa shape index (κ3) is 3.64. The molecule has 7 heteroatoms. The summed E-state index contributed by atoms with van der Waals surface area (Å²) < 4.78 is 16.3. The molecule has 0 aliphatic heterocycles. The number of nitrogens with one attached hydrogen (secondary N) is 1. The monoisotopic (exact) mass is 411 g/mol. The number of methoxy groups -OCH3 is 1. The van der Waals surface area contributed by atoms with Crippen molar-refractivity contribution in [2.45, 2.75) is 0 Å². The van der Waals surface area contributed by atoms with E-state index in [-0.39, 0.29) is 11.7 Å². The minimum Gasteiger partial charge on any atom is -0.497 e. The van der Waals surface area contributed by atoms with Gasteiger partial charge in [0.1, 0.15) is 11.3 Å². The lowest BCUT2D eigenvalue weighted by Gasteiger charge is -2.06. The summed E-state index contributed by atoms with van der Waals surface area (Å²) in [7, 11) is 1.61. The van der Waals surface area contributed by atoms with Crippen molar-refractivity contribution in [2.75, 3.05) is 12.4 Å². The van der Waals surface area contributed by atoms with Gasteiger partial charge in [-0.25, -0.2) is 0 Å². The normalized spacial score (nSPS) is 10.9. The van der Waals surface area contributed by atoms with Crippen molar-refractivity contribution in [2.24, 2.45) is 0 Å². The molecule has 0 radical (unpaired) electrons. The number of nitrogens with zero attached hydrogens (tertiary/aromatic N) is 2. The van der Waals surface area contributed by atoms with Crippen molar-refractivity contribution in [1.29, 1.82) is 0 Å². The second-order valence-corrected chi connectivity index (χ2v) is 6.80. The second kappa shape index (κ2) is 7.79. The Balaban J connectivity index is 1.42. The lowest BCUT2D eigenvalue weighted by atomic mass is 10.1. The molecule has 5 rings (SSSR count). The number of aromatic nitrogens is 2. The average molecular weight is 411 g/mol. The number of amides is 1. The first-order valence-electron chi connectivity index (χ1n) is 9.59. The maximum atomic E-state index is 12.8. The number of hydrogen-bond donors (Lipinski definition) is 1. The molecule has 1 N–H and O–H groups in total. The van der Waals surface area contributed by atoms with Gasteiger partial charge in [0.2, 0.25) is 5.82 Å². The molecule has 0 fully saturated rings.